The number of nitrogens with one attached hydrogen (secondary N) is 2. The predicted octanol–water partition coefficient (Wildman–Crippen LogP) is 2.41. The molecule has 3 heterocycles. The van der Waals surface area contributed by atoms with Crippen LogP contribution in [-0.2, 0) is 5.66 Å². The Kier molecular flexibility index (Phi) is 3.56. The van der Waals surface area contributed by atoms with Crippen LogP contribution in [0.1, 0.15) is 61.0 Å². The van der Waals surface area contributed by atoms with Gasteiger partial charge in [-0.3, -0.25) is 14.2 Å². The Bertz CT molecular complexity index is 1040. The van der Waals surface area contributed by atoms with Gasteiger partial charge in [0.2, 0.25) is 0 Å². The number of aryl methyl sites for hydroxylation is 1. The normalized spacial score (nSPS) is 24.7. The largest absolute Gasteiger partial charge is 0.384 e. The molecule has 5 rings (SSSR count). The molecule has 0 bridgehead atoms. The van der Waals surface area contributed by atoms with E-state index in [1.165, 1.54) is 32.0 Å². The number of aromatic nitrogens is 3. The quantitative estimate of drug-likeness (QED) is 0.737. The molecule has 1 atom stereocenters. The third-order valence-electron chi connectivity index (χ3n) is 6.73. The number of nitrogen functional groups attached to an aromatic ring is 1. The molecule has 2 fully saturated rings. The zero-order valence-electron chi connectivity index (χ0n) is 15.9. The van der Waals surface area contributed by atoms with Gasteiger partial charge in [0.15, 0.2) is 0 Å². The van der Waals surface area contributed by atoms with Crippen molar-refractivity contribution in [3.8, 4) is 0 Å². The van der Waals surface area contributed by atoms with E-state index in [9.17, 15) is 9.59 Å². The summed E-state index contributed by atoms with van der Waals surface area (Å²) in [5.74, 6) is 0.625. The first-order chi connectivity index (χ1) is 13.4. The Balaban J connectivity index is 1.61. The third kappa shape index (κ3) is 2.43. The summed E-state index contributed by atoms with van der Waals surface area (Å²) in [7, 11) is 0. The van der Waals surface area contributed by atoms with E-state index in [-0.39, 0.29) is 16.9 Å². The summed E-state index contributed by atoms with van der Waals surface area (Å²) < 4.78 is 1.71. The molecule has 2 spiro atoms. The van der Waals surface area contributed by atoms with Gasteiger partial charge in [-0.15, -0.1) is 0 Å². The summed E-state index contributed by atoms with van der Waals surface area (Å²) in [6, 6.07) is 3.29. The second kappa shape index (κ2) is 5.80. The van der Waals surface area contributed by atoms with Crippen LogP contribution in [0.2, 0.25) is 0 Å². The van der Waals surface area contributed by atoms with Crippen LogP contribution in [0.15, 0.2) is 23.3 Å². The summed E-state index contributed by atoms with van der Waals surface area (Å²) in [4.78, 5) is 34.2. The van der Waals surface area contributed by atoms with E-state index in [4.69, 9.17) is 5.73 Å². The minimum absolute atomic E-state index is 0.150. The second-order valence-corrected chi connectivity index (χ2v) is 8.55. The summed E-state index contributed by atoms with van der Waals surface area (Å²) in [5.41, 5.74) is 6.80. The van der Waals surface area contributed by atoms with Crippen molar-refractivity contribution < 1.29 is 4.79 Å². The molecule has 2 aliphatic carbocycles. The number of hydrogen-bond donors (Lipinski definition) is 3. The fourth-order valence-corrected chi connectivity index (χ4v) is 5.55. The van der Waals surface area contributed by atoms with Gasteiger partial charge < -0.3 is 16.4 Å². The fraction of sp³-hybridized carbons (Fsp3) is 0.500. The van der Waals surface area contributed by atoms with Gasteiger partial charge in [0.25, 0.3) is 11.5 Å². The first kappa shape index (κ1) is 17.2. The Labute approximate surface area is 162 Å². The molecule has 2 aromatic rings. The topological polar surface area (TPSA) is 115 Å². The van der Waals surface area contributed by atoms with E-state index in [1.807, 2.05) is 6.92 Å². The van der Waals surface area contributed by atoms with Crippen molar-refractivity contribution in [2.24, 2.45) is 5.41 Å². The van der Waals surface area contributed by atoms with Gasteiger partial charge in [-0.05, 0) is 56.1 Å². The number of pyridine rings is 1. The van der Waals surface area contributed by atoms with E-state index in [2.05, 4.69) is 20.6 Å². The predicted molar refractivity (Wildman–Crippen MR) is 105 cm³/mol. The number of hydrogen-bond acceptors (Lipinski definition) is 6. The number of carbonyl (C=O) groups excluding carboxylic acids is 1. The minimum Gasteiger partial charge on any atom is -0.384 e. The maximum absolute atomic E-state index is 13.4. The maximum atomic E-state index is 13.4. The number of amides is 1. The third-order valence-corrected chi connectivity index (χ3v) is 6.73. The van der Waals surface area contributed by atoms with Crippen LogP contribution < -0.4 is 21.9 Å². The van der Waals surface area contributed by atoms with Gasteiger partial charge in [0.05, 0.1) is 0 Å². The molecule has 4 N–H and O–H groups in total. The van der Waals surface area contributed by atoms with Crippen molar-refractivity contribution in [2.75, 3.05) is 11.1 Å². The smallest absolute Gasteiger partial charge is 0.276 e. The van der Waals surface area contributed by atoms with E-state index >= 15 is 0 Å². The van der Waals surface area contributed by atoms with Crippen molar-refractivity contribution in [1.29, 1.82) is 0 Å². The average Bonchev–Trinajstić information content (AvgIpc) is 3.32. The highest BCUT2D eigenvalue weighted by atomic mass is 16.2. The fourth-order valence-electron chi connectivity index (χ4n) is 5.55. The van der Waals surface area contributed by atoms with Gasteiger partial charge in [0.1, 0.15) is 35.0 Å². The highest BCUT2D eigenvalue weighted by Gasteiger charge is 2.55. The van der Waals surface area contributed by atoms with Gasteiger partial charge in [-0.25, -0.2) is 9.97 Å². The monoisotopic (exact) mass is 380 g/mol. The molecule has 1 unspecified atom stereocenters. The van der Waals surface area contributed by atoms with E-state index in [0.29, 0.717) is 23.0 Å². The van der Waals surface area contributed by atoms with Crippen molar-refractivity contribution in [2.45, 2.75) is 57.5 Å². The molecule has 2 aromatic heterocycles. The standard InChI is InChI=1S/C20H24N6O2/c1-12-8-13(24-15-9-14(21)22-11-23-15)18(28)26-16(12)17(27)25-20(26)7-6-19(10-20)4-2-3-5-19/h8-9,11H,2-7,10H2,1H3,(H,25,27)(H3,21,22,23,24). The molecule has 1 amide bonds. The van der Waals surface area contributed by atoms with Gasteiger partial charge in [-0.1, -0.05) is 12.8 Å². The minimum atomic E-state index is -0.610. The van der Waals surface area contributed by atoms with Crippen LogP contribution in [0.5, 0.6) is 0 Å². The van der Waals surface area contributed by atoms with Gasteiger partial charge >= 0.3 is 0 Å². The van der Waals surface area contributed by atoms with Crippen LogP contribution in [0, 0.1) is 12.3 Å². The lowest BCUT2D eigenvalue weighted by molar-refractivity contribution is 0.0910. The lowest BCUT2D eigenvalue weighted by Crippen LogP contribution is -2.46. The molecule has 1 aliphatic heterocycles. The van der Waals surface area contributed by atoms with Crippen LogP contribution >= 0.6 is 0 Å². The highest BCUT2D eigenvalue weighted by molar-refractivity contribution is 5.97. The molecule has 3 aliphatic rings. The number of rotatable bonds is 2. The molecular formula is C20H24N6O2. The molecule has 2 saturated carbocycles. The molecule has 8 nitrogen and oxygen atoms in total. The highest BCUT2D eigenvalue weighted by Crippen LogP contribution is 2.56. The lowest BCUT2D eigenvalue weighted by atomic mass is 9.83. The summed E-state index contributed by atoms with van der Waals surface area (Å²) in [6.07, 6.45) is 8.89. The zero-order chi connectivity index (χ0) is 19.5. The summed E-state index contributed by atoms with van der Waals surface area (Å²) in [5, 5.41) is 6.24. The van der Waals surface area contributed by atoms with Gasteiger partial charge in [-0.2, -0.15) is 0 Å². The van der Waals surface area contributed by atoms with Crippen molar-refractivity contribution in [3.63, 3.8) is 0 Å². The van der Waals surface area contributed by atoms with Crippen LogP contribution in [0.4, 0.5) is 17.3 Å². The van der Waals surface area contributed by atoms with Gasteiger partial charge in [0, 0.05) is 6.07 Å². The van der Waals surface area contributed by atoms with Crippen molar-refractivity contribution in [1.82, 2.24) is 19.9 Å². The van der Waals surface area contributed by atoms with E-state index in [0.717, 1.165) is 24.8 Å². The van der Waals surface area contributed by atoms with Crippen molar-refractivity contribution in [3.05, 3.63) is 40.1 Å². The first-order valence-electron chi connectivity index (χ1n) is 9.86. The summed E-state index contributed by atoms with van der Waals surface area (Å²) >= 11 is 0. The maximum Gasteiger partial charge on any atom is 0.276 e. The molecular weight excluding hydrogens is 356 g/mol. The molecule has 0 radical (unpaired) electrons. The van der Waals surface area contributed by atoms with Crippen LogP contribution in [0.25, 0.3) is 0 Å². The SMILES string of the molecule is Cc1cc(Nc2cc(N)ncn2)c(=O)n2c1C(=O)NC21CCC2(CCCC2)C1. The Hall–Kier alpha value is -2.90. The lowest BCUT2D eigenvalue weighted by Gasteiger charge is -2.30. The Morgan fingerprint density at radius 2 is 1.93 bits per heavy atom. The molecule has 8 heteroatoms. The Morgan fingerprint density at radius 1 is 1.14 bits per heavy atom. The number of nitrogens with zero attached hydrogens (tertiary/aromatic N) is 3. The molecule has 0 saturated heterocycles. The number of fused-ring (bicyclic) bond motifs is 2. The number of carbonyl (C=O) groups is 1. The Morgan fingerprint density at radius 3 is 2.68 bits per heavy atom. The molecule has 28 heavy (non-hydrogen) atoms. The first-order valence-corrected chi connectivity index (χ1v) is 9.86. The van der Waals surface area contributed by atoms with Crippen molar-refractivity contribution >= 4 is 23.2 Å². The van der Waals surface area contributed by atoms with E-state index < -0.39 is 5.66 Å². The number of nitrogens with two attached hydrogens (primary N) is 1. The zero-order valence-corrected chi connectivity index (χ0v) is 15.9. The average molecular weight is 380 g/mol. The molecule has 0 aromatic carbocycles. The molecule has 146 valence electrons. The van der Waals surface area contributed by atoms with Crippen LogP contribution in [-0.4, -0.2) is 20.4 Å². The van der Waals surface area contributed by atoms with E-state index in [1.54, 1.807) is 16.7 Å². The second-order valence-electron chi connectivity index (χ2n) is 8.55. The summed E-state index contributed by atoms with van der Waals surface area (Å²) in [6.45, 7) is 1.86. The van der Waals surface area contributed by atoms with Crippen LogP contribution in [0.3, 0.4) is 0 Å². The number of anilines is 3.